The molecule has 0 bridgehead atoms. The van der Waals surface area contributed by atoms with Crippen LogP contribution in [-0.2, 0) is 14.4 Å². The van der Waals surface area contributed by atoms with Crippen molar-refractivity contribution in [2.24, 2.45) is 0 Å². The second kappa shape index (κ2) is 3.66. The van der Waals surface area contributed by atoms with Gasteiger partial charge in [-0.2, -0.15) is 0 Å². The molecule has 0 aliphatic rings. The molecule has 0 atom stereocenters. The van der Waals surface area contributed by atoms with Crippen molar-refractivity contribution in [3.05, 3.63) is 11.1 Å². The lowest BCUT2D eigenvalue weighted by molar-refractivity contribution is -0.147. The quantitative estimate of drug-likeness (QED) is 0.464. The van der Waals surface area contributed by atoms with E-state index in [0.29, 0.717) is 0 Å². The predicted octanol–water partition coefficient (Wildman–Crippen LogP) is 0.0611. The fourth-order valence-electron chi connectivity index (χ4n) is 0.491. The first kappa shape index (κ1) is 10.3. The monoisotopic (exact) mass is 172 g/mol. The zero-order valence-corrected chi connectivity index (χ0v) is 6.62. The van der Waals surface area contributed by atoms with Crippen molar-refractivity contribution in [1.82, 2.24) is 0 Å². The summed E-state index contributed by atoms with van der Waals surface area (Å²) in [5.41, 5.74) is -0.502. The van der Waals surface area contributed by atoms with Crippen LogP contribution in [0.4, 0.5) is 0 Å². The van der Waals surface area contributed by atoms with Crippen molar-refractivity contribution in [3.8, 4) is 0 Å². The van der Waals surface area contributed by atoms with Gasteiger partial charge in [-0.3, -0.25) is 4.79 Å². The second-order valence-corrected chi connectivity index (χ2v) is 2.19. The van der Waals surface area contributed by atoms with Gasteiger partial charge in [-0.05, 0) is 13.8 Å². The van der Waals surface area contributed by atoms with Crippen LogP contribution in [0.2, 0.25) is 0 Å². The van der Waals surface area contributed by atoms with E-state index in [4.69, 9.17) is 10.2 Å². The molecular formula is C7H8O5. The number of hydrogen-bond donors (Lipinski definition) is 2. The third-order valence-corrected chi connectivity index (χ3v) is 1.42. The first-order valence-electron chi connectivity index (χ1n) is 3.06. The van der Waals surface area contributed by atoms with Crippen LogP contribution in [0.1, 0.15) is 13.8 Å². The molecule has 0 aromatic heterocycles. The summed E-state index contributed by atoms with van der Waals surface area (Å²) < 4.78 is 0. The summed E-state index contributed by atoms with van der Waals surface area (Å²) in [6, 6.07) is 0. The molecule has 5 nitrogen and oxygen atoms in total. The molecule has 0 unspecified atom stereocenters. The number of Topliss-reactive ketones (excluding diaryl/α,β-unsaturated/α-hetero) is 1. The molecule has 0 spiro atoms. The third kappa shape index (κ3) is 2.19. The number of carbonyl (C=O) groups excluding carboxylic acids is 1. The highest BCUT2D eigenvalue weighted by Gasteiger charge is 2.18. The Morgan fingerprint density at radius 1 is 0.833 bits per heavy atom. The number of carboxylic acid groups (broad SMARTS) is 2. The van der Waals surface area contributed by atoms with Crippen LogP contribution in [-0.4, -0.2) is 27.9 Å². The van der Waals surface area contributed by atoms with E-state index < -0.39 is 17.7 Å². The average molecular weight is 172 g/mol. The summed E-state index contributed by atoms with van der Waals surface area (Å²) in [4.78, 5) is 31.0. The van der Waals surface area contributed by atoms with Crippen LogP contribution in [0.15, 0.2) is 11.1 Å². The van der Waals surface area contributed by atoms with Crippen LogP contribution in [0.3, 0.4) is 0 Å². The lowest BCUT2D eigenvalue weighted by Gasteiger charge is -1.97. The molecule has 0 aromatic rings. The Hall–Kier alpha value is -1.65. The normalized spacial score (nSPS) is 11.8. The minimum Gasteiger partial charge on any atom is -0.478 e. The minimum absolute atomic E-state index is 0.248. The van der Waals surface area contributed by atoms with E-state index in [1.165, 1.54) is 13.8 Å². The van der Waals surface area contributed by atoms with Crippen LogP contribution in [0.5, 0.6) is 0 Å². The number of carboxylic acids is 2. The molecule has 0 aliphatic carbocycles. The molecule has 0 amide bonds. The van der Waals surface area contributed by atoms with Crippen molar-refractivity contribution in [1.29, 1.82) is 0 Å². The number of hydrogen-bond acceptors (Lipinski definition) is 3. The van der Waals surface area contributed by atoms with Gasteiger partial charge in [-0.25, -0.2) is 9.59 Å². The smallest absolute Gasteiger partial charge is 0.376 e. The number of ketones is 1. The Balaban J connectivity index is 4.92. The van der Waals surface area contributed by atoms with Gasteiger partial charge in [0.15, 0.2) is 0 Å². The van der Waals surface area contributed by atoms with Crippen LogP contribution in [0, 0.1) is 0 Å². The predicted molar refractivity (Wildman–Crippen MR) is 38.7 cm³/mol. The van der Waals surface area contributed by atoms with Gasteiger partial charge < -0.3 is 10.2 Å². The van der Waals surface area contributed by atoms with E-state index in [9.17, 15) is 14.4 Å². The molecule has 12 heavy (non-hydrogen) atoms. The Morgan fingerprint density at radius 2 is 1.25 bits per heavy atom. The summed E-state index contributed by atoms with van der Waals surface area (Å²) in [6.07, 6.45) is 0. The number of carbonyl (C=O) groups is 3. The van der Waals surface area contributed by atoms with E-state index in [2.05, 4.69) is 0 Å². The topological polar surface area (TPSA) is 91.7 Å². The summed E-state index contributed by atoms with van der Waals surface area (Å²) in [5, 5.41) is 16.6. The van der Waals surface area contributed by atoms with Gasteiger partial charge in [-0.1, -0.05) is 0 Å². The Labute approximate surface area is 68.3 Å². The van der Waals surface area contributed by atoms with Gasteiger partial charge >= 0.3 is 11.9 Å². The van der Waals surface area contributed by atoms with Crippen molar-refractivity contribution in [2.75, 3.05) is 0 Å². The first-order valence-corrected chi connectivity index (χ1v) is 3.06. The van der Waals surface area contributed by atoms with Crippen LogP contribution >= 0.6 is 0 Å². The van der Waals surface area contributed by atoms with Gasteiger partial charge in [-0.15, -0.1) is 0 Å². The fraction of sp³-hybridized carbons (Fsp3) is 0.286. The highest BCUT2D eigenvalue weighted by molar-refractivity contribution is 6.40. The van der Waals surface area contributed by atoms with Gasteiger partial charge in [0.2, 0.25) is 0 Å². The van der Waals surface area contributed by atoms with Gasteiger partial charge in [0.05, 0.1) is 0 Å². The molecule has 2 N–H and O–H groups in total. The lowest BCUT2D eigenvalue weighted by Crippen LogP contribution is -2.16. The molecule has 0 saturated heterocycles. The summed E-state index contributed by atoms with van der Waals surface area (Å²) in [6.45, 7) is 2.35. The van der Waals surface area contributed by atoms with Gasteiger partial charge in [0.25, 0.3) is 5.78 Å². The van der Waals surface area contributed by atoms with E-state index in [0.717, 1.165) is 0 Å². The van der Waals surface area contributed by atoms with E-state index in [-0.39, 0.29) is 11.1 Å². The van der Waals surface area contributed by atoms with Crippen molar-refractivity contribution in [3.63, 3.8) is 0 Å². The van der Waals surface area contributed by atoms with E-state index in [1.807, 2.05) is 0 Å². The Kier molecular flexibility index (Phi) is 3.15. The summed E-state index contributed by atoms with van der Waals surface area (Å²) >= 11 is 0. The zero-order valence-electron chi connectivity index (χ0n) is 6.62. The van der Waals surface area contributed by atoms with E-state index >= 15 is 0 Å². The van der Waals surface area contributed by atoms with Crippen molar-refractivity contribution >= 4 is 17.7 Å². The molecule has 0 rings (SSSR count). The average Bonchev–Trinajstić information content (AvgIpc) is 2.00. The maximum absolute atomic E-state index is 10.7. The SMILES string of the molecule is C/C(C(=O)O)=C(/C)C(=O)C(=O)O. The van der Waals surface area contributed by atoms with E-state index in [1.54, 1.807) is 0 Å². The molecule has 0 fully saturated rings. The summed E-state index contributed by atoms with van der Waals surface area (Å²) in [7, 11) is 0. The van der Waals surface area contributed by atoms with Gasteiger partial charge in [0.1, 0.15) is 0 Å². The maximum Gasteiger partial charge on any atom is 0.376 e. The van der Waals surface area contributed by atoms with Crippen molar-refractivity contribution in [2.45, 2.75) is 13.8 Å². The lowest BCUT2D eigenvalue weighted by atomic mass is 10.1. The number of rotatable bonds is 3. The Morgan fingerprint density at radius 3 is 1.50 bits per heavy atom. The van der Waals surface area contributed by atoms with Crippen molar-refractivity contribution < 1.29 is 24.6 Å². The third-order valence-electron chi connectivity index (χ3n) is 1.42. The maximum atomic E-state index is 10.7. The minimum atomic E-state index is -1.65. The molecule has 0 saturated carbocycles. The molecule has 66 valence electrons. The highest BCUT2D eigenvalue weighted by Crippen LogP contribution is 2.04. The number of aliphatic carboxylic acids is 2. The molecule has 0 radical (unpaired) electrons. The molecule has 0 heterocycles. The highest BCUT2D eigenvalue weighted by atomic mass is 16.4. The summed E-state index contributed by atoms with van der Waals surface area (Å²) in [5.74, 6) is -4.12. The van der Waals surface area contributed by atoms with Crippen LogP contribution < -0.4 is 0 Å². The largest absolute Gasteiger partial charge is 0.478 e. The molecular weight excluding hydrogens is 164 g/mol. The standard InChI is InChI=1S/C7H8O5/c1-3(4(2)6(9)10)5(8)7(11)12/h1-2H3,(H,9,10)(H,11,12)/b4-3+. The Bertz CT molecular complexity index is 274. The first-order chi connectivity index (χ1) is 5.37. The van der Waals surface area contributed by atoms with Crippen LogP contribution in [0.25, 0.3) is 0 Å². The fourth-order valence-corrected chi connectivity index (χ4v) is 0.491. The molecule has 5 heteroatoms. The second-order valence-electron chi connectivity index (χ2n) is 2.19. The zero-order chi connectivity index (χ0) is 9.89. The molecule has 0 aromatic carbocycles. The van der Waals surface area contributed by atoms with Gasteiger partial charge in [0, 0.05) is 11.1 Å². The molecule has 0 aliphatic heterocycles.